The summed E-state index contributed by atoms with van der Waals surface area (Å²) in [5.74, 6) is 0.521. The molecule has 0 bridgehead atoms. The number of amidine groups is 1. The molecule has 0 fully saturated rings. The first kappa shape index (κ1) is 14.4. The Morgan fingerprint density at radius 1 is 1.35 bits per heavy atom. The quantitative estimate of drug-likeness (QED) is 0.534. The lowest BCUT2D eigenvalue weighted by Crippen LogP contribution is -2.12. The number of aromatic nitrogens is 1. The Kier molecular flexibility index (Phi) is 4.99. The van der Waals surface area contributed by atoms with Gasteiger partial charge in [0.15, 0.2) is 0 Å². The lowest BCUT2D eigenvalue weighted by molar-refractivity contribution is 1.11. The van der Waals surface area contributed by atoms with Gasteiger partial charge in [0, 0.05) is 11.1 Å². The number of rotatable bonds is 4. The highest BCUT2D eigenvalue weighted by atomic mass is 35.5. The van der Waals surface area contributed by atoms with Crippen LogP contribution >= 0.6 is 23.4 Å². The zero-order chi connectivity index (χ0) is 14.4. The number of alkyl halides is 1. The van der Waals surface area contributed by atoms with E-state index in [4.69, 9.17) is 22.6 Å². The molecular formula is C14H11ClN4S. The van der Waals surface area contributed by atoms with Gasteiger partial charge in [0.25, 0.3) is 0 Å². The van der Waals surface area contributed by atoms with Gasteiger partial charge in [-0.15, -0.1) is 11.6 Å². The maximum atomic E-state index is 9.08. The molecule has 20 heavy (non-hydrogen) atoms. The van der Waals surface area contributed by atoms with Gasteiger partial charge in [-0.2, -0.15) is 5.26 Å². The molecule has 2 aromatic rings. The molecule has 0 aliphatic heterocycles. The molecule has 1 aromatic carbocycles. The average molecular weight is 303 g/mol. The minimum atomic E-state index is 0.173. The molecule has 0 aliphatic carbocycles. The molecule has 1 aromatic heterocycles. The molecule has 6 heteroatoms. The predicted molar refractivity (Wildman–Crippen MR) is 81.5 cm³/mol. The van der Waals surface area contributed by atoms with E-state index >= 15 is 0 Å². The summed E-state index contributed by atoms with van der Waals surface area (Å²) in [6.45, 7) is 0. The molecule has 0 atom stereocenters. The number of benzene rings is 1. The first-order valence-electron chi connectivity index (χ1n) is 5.75. The smallest absolute Gasteiger partial charge is 0.119 e. The van der Waals surface area contributed by atoms with Crippen LogP contribution in [-0.2, 0) is 0 Å². The maximum absolute atomic E-state index is 9.08. The van der Waals surface area contributed by atoms with Crippen molar-refractivity contribution in [1.82, 2.24) is 4.98 Å². The molecule has 0 saturated heterocycles. The second-order valence-corrected chi connectivity index (χ2v) is 5.07. The molecule has 0 radical (unpaired) electrons. The van der Waals surface area contributed by atoms with Crippen molar-refractivity contribution in [2.24, 2.45) is 10.7 Å². The fourth-order valence-corrected chi connectivity index (χ4v) is 2.45. The number of halogens is 1. The lowest BCUT2D eigenvalue weighted by atomic mass is 10.3. The van der Waals surface area contributed by atoms with Crippen molar-refractivity contribution in [2.75, 3.05) is 5.88 Å². The minimum Gasteiger partial charge on any atom is -0.386 e. The molecular weight excluding hydrogens is 292 g/mol. The molecule has 0 unspecified atom stereocenters. The Morgan fingerprint density at radius 2 is 2.15 bits per heavy atom. The van der Waals surface area contributed by atoms with E-state index in [1.54, 1.807) is 18.3 Å². The SMILES string of the molecule is N#Cc1cccnc1Sc1ccccc1N=C(N)CCl. The molecule has 2 N–H and O–H groups in total. The van der Waals surface area contributed by atoms with E-state index in [2.05, 4.69) is 16.0 Å². The van der Waals surface area contributed by atoms with Crippen LogP contribution < -0.4 is 5.73 Å². The first-order chi connectivity index (χ1) is 9.74. The van der Waals surface area contributed by atoms with E-state index < -0.39 is 0 Å². The Morgan fingerprint density at radius 3 is 2.90 bits per heavy atom. The summed E-state index contributed by atoms with van der Waals surface area (Å²) in [4.78, 5) is 9.35. The topological polar surface area (TPSA) is 75.1 Å². The Balaban J connectivity index is 2.37. The first-order valence-corrected chi connectivity index (χ1v) is 7.10. The zero-order valence-corrected chi connectivity index (χ0v) is 12.0. The summed E-state index contributed by atoms with van der Waals surface area (Å²) >= 11 is 7.02. The van der Waals surface area contributed by atoms with Gasteiger partial charge in [0.1, 0.15) is 16.9 Å². The van der Waals surface area contributed by atoms with E-state index in [-0.39, 0.29) is 5.88 Å². The van der Waals surface area contributed by atoms with Crippen LogP contribution in [0.15, 0.2) is 57.5 Å². The fourth-order valence-electron chi connectivity index (χ4n) is 1.48. The highest BCUT2D eigenvalue weighted by Gasteiger charge is 2.08. The largest absolute Gasteiger partial charge is 0.386 e. The monoisotopic (exact) mass is 302 g/mol. The van der Waals surface area contributed by atoms with Crippen LogP contribution in [0, 0.1) is 11.3 Å². The van der Waals surface area contributed by atoms with Crippen molar-refractivity contribution >= 4 is 34.9 Å². The third kappa shape index (κ3) is 3.50. The van der Waals surface area contributed by atoms with Crippen LogP contribution in [0.5, 0.6) is 0 Å². The van der Waals surface area contributed by atoms with E-state index in [0.29, 0.717) is 22.1 Å². The van der Waals surface area contributed by atoms with E-state index in [1.807, 2.05) is 24.3 Å². The van der Waals surface area contributed by atoms with Crippen molar-refractivity contribution < 1.29 is 0 Å². The molecule has 0 saturated carbocycles. The Labute approximate surface area is 126 Å². The number of aliphatic imine (C=N–C) groups is 1. The number of hydrogen-bond acceptors (Lipinski definition) is 4. The summed E-state index contributed by atoms with van der Waals surface area (Å²) in [7, 11) is 0. The summed E-state index contributed by atoms with van der Waals surface area (Å²) in [6, 6.07) is 13.1. The van der Waals surface area contributed by atoms with E-state index in [1.165, 1.54) is 11.8 Å². The number of nitrogens with two attached hydrogens (primary N) is 1. The maximum Gasteiger partial charge on any atom is 0.119 e. The third-order valence-electron chi connectivity index (χ3n) is 2.36. The number of nitrogens with zero attached hydrogens (tertiary/aromatic N) is 3. The summed E-state index contributed by atoms with van der Waals surface area (Å²) in [5.41, 5.74) is 6.91. The Hall–Kier alpha value is -2.03. The predicted octanol–water partition coefficient (Wildman–Crippen LogP) is 3.33. The van der Waals surface area contributed by atoms with E-state index in [9.17, 15) is 0 Å². The van der Waals surface area contributed by atoms with Gasteiger partial charge in [0.2, 0.25) is 0 Å². The van der Waals surface area contributed by atoms with Gasteiger partial charge in [-0.25, -0.2) is 9.98 Å². The molecule has 0 amide bonds. The van der Waals surface area contributed by atoms with Crippen molar-refractivity contribution in [3.8, 4) is 6.07 Å². The Bertz CT molecular complexity index is 679. The van der Waals surface area contributed by atoms with Crippen LogP contribution in [-0.4, -0.2) is 16.7 Å². The third-order valence-corrected chi connectivity index (χ3v) is 3.72. The van der Waals surface area contributed by atoms with Crippen molar-refractivity contribution in [2.45, 2.75) is 9.92 Å². The van der Waals surface area contributed by atoms with Crippen LogP contribution in [0.3, 0.4) is 0 Å². The van der Waals surface area contributed by atoms with Gasteiger partial charge < -0.3 is 5.73 Å². The number of hydrogen-bond donors (Lipinski definition) is 1. The highest BCUT2D eigenvalue weighted by molar-refractivity contribution is 7.99. The second-order valence-electron chi connectivity index (χ2n) is 3.77. The van der Waals surface area contributed by atoms with Gasteiger partial charge in [-0.1, -0.05) is 23.9 Å². The second kappa shape index (κ2) is 6.94. The minimum absolute atomic E-state index is 0.173. The molecule has 4 nitrogen and oxygen atoms in total. The number of para-hydroxylation sites is 1. The van der Waals surface area contributed by atoms with Crippen molar-refractivity contribution in [1.29, 1.82) is 5.26 Å². The van der Waals surface area contributed by atoms with Crippen LogP contribution in [0.2, 0.25) is 0 Å². The normalized spacial score (nSPS) is 11.1. The van der Waals surface area contributed by atoms with Crippen LogP contribution in [0.1, 0.15) is 5.56 Å². The fraction of sp³-hybridized carbons (Fsp3) is 0.0714. The summed E-state index contributed by atoms with van der Waals surface area (Å²) < 4.78 is 0. The van der Waals surface area contributed by atoms with Crippen molar-refractivity contribution in [3.05, 3.63) is 48.2 Å². The number of nitriles is 1. The standard InChI is InChI=1S/C14H11ClN4S/c15-8-13(17)19-11-5-1-2-6-12(11)20-14-10(9-16)4-3-7-18-14/h1-7H,8H2,(H2,17,19). The molecule has 0 spiro atoms. The summed E-state index contributed by atoms with van der Waals surface area (Å²) in [5, 5.41) is 9.72. The molecule has 1 heterocycles. The highest BCUT2D eigenvalue weighted by Crippen LogP contribution is 2.35. The van der Waals surface area contributed by atoms with Crippen LogP contribution in [0.4, 0.5) is 5.69 Å². The van der Waals surface area contributed by atoms with Gasteiger partial charge in [-0.3, -0.25) is 0 Å². The van der Waals surface area contributed by atoms with Gasteiger partial charge in [-0.05, 0) is 24.3 Å². The summed E-state index contributed by atoms with van der Waals surface area (Å²) in [6.07, 6.45) is 1.65. The van der Waals surface area contributed by atoms with Crippen molar-refractivity contribution in [3.63, 3.8) is 0 Å². The molecule has 100 valence electrons. The molecule has 0 aliphatic rings. The molecule has 2 rings (SSSR count). The lowest BCUT2D eigenvalue weighted by Gasteiger charge is -2.06. The number of pyridine rings is 1. The van der Waals surface area contributed by atoms with Crippen LogP contribution in [0.25, 0.3) is 0 Å². The van der Waals surface area contributed by atoms with Gasteiger partial charge in [0.05, 0.1) is 17.1 Å². The average Bonchev–Trinajstić information content (AvgIpc) is 2.49. The zero-order valence-electron chi connectivity index (χ0n) is 10.5. The van der Waals surface area contributed by atoms with Gasteiger partial charge >= 0.3 is 0 Å². The van der Waals surface area contributed by atoms with E-state index in [0.717, 1.165) is 4.90 Å².